The van der Waals surface area contributed by atoms with Crippen molar-refractivity contribution in [2.24, 2.45) is 11.8 Å². The second kappa shape index (κ2) is 17.9. The van der Waals surface area contributed by atoms with E-state index in [4.69, 9.17) is 33.2 Å². The van der Waals surface area contributed by atoms with Crippen molar-refractivity contribution >= 4 is 0 Å². The number of aliphatic hydroxyl groups excluding tert-OH is 9. The van der Waals surface area contributed by atoms with E-state index in [0.29, 0.717) is 11.5 Å². The van der Waals surface area contributed by atoms with Crippen molar-refractivity contribution in [2.45, 2.75) is 164 Å². The van der Waals surface area contributed by atoms with Crippen LogP contribution in [0.1, 0.15) is 76.8 Å². The zero-order chi connectivity index (χ0) is 39.8. The van der Waals surface area contributed by atoms with Gasteiger partial charge in [0.2, 0.25) is 6.29 Å². The van der Waals surface area contributed by atoms with E-state index in [0.717, 1.165) is 49.7 Å². The summed E-state index contributed by atoms with van der Waals surface area (Å²) in [6.45, 7) is 5.86. The van der Waals surface area contributed by atoms with Crippen molar-refractivity contribution in [3.05, 3.63) is 35.4 Å². The first-order valence-electron chi connectivity index (χ1n) is 19.6. The molecule has 9 N–H and O–H groups in total. The Morgan fingerprint density at radius 1 is 0.727 bits per heavy atom. The van der Waals surface area contributed by atoms with Crippen LogP contribution in [0.25, 0.3) is 0 Å². The maximum Gasteiger partial charge on any atom is 0.229 e. The van der Waals surface area contributed by atoms with Crippen LogP contribution in [0.15, 0.2) is 24.3 Å². The number of ether oxygens (including phenoxy) is 7. The van der Waals surface area contributed by atoms with Crippen LogP contribution >= 0.6 is 0 Å². The van der Waals surface area contributed by atoms with E-state index < -0.39 is 117 Å². The highest BCUT2D eigenvalue weighted by molar-refractivity contribution is 5.54. The minimum absolute atomic E-state index is 0.0940. The Balaban J connectivity index is 1.42. The smallest absolute Gasteiger partial charge is 0.229 e. The number of aliphatic hydroxyl groups is 9. The summed E-state index contributed by atoms with van der Waals surface area (Å²) in [5, 5.41) is 95.9. The fraction of sp³-hybridized carbons (Fsp3) is 0.795. The van der Waals surface area contributed by atoms with Gasteiger partial charge in [-0.2, -0.15) is 0 Å². The summed E-state index contributed by atoms with van der Waals surface area (Å²) in [6.07, 6.45) is -12.3. The van der Waals surface area contributed by atoms with Crippen LogP contribution in [0, 0.1) is 11.8 Å². The molecule has 55 heavy (non-hydrogen) atoms. The first-order chi connectivity index (χ1) is 26.2. The van der Waals surface area contributed by atoms with Crippen molar-refractivity contribution in [2.75, 3.05) is 19.8 Å². The highest BCUT2D eigenvalue weighted by Gasteiger charge is 2.55. The number of hydrogen-bond donors (Lipinski definition) is 9. The summed E-state index contributed by atoms with van der Waals surface area (Å²) in [5.41, 5.74) is 1.20. The zero-order valence-electron chi connectivity index (χ0n) is 31.9. The highest BCUT2D eigenvalue weighted by Crippen LogP contribution is 2.53. The van der Waals surface area contributed by atoms with E-state index in [1.54, 1.807) is 6.92 Å². The SMILES string of the molecule is CCCCCc1cc(O[C@@H]2O[C@H](CO)[C@@H](O)[C@H](O[C@@H]3O[C@H](CO)[C@@H](O)[C@H](O)[C@H]3O)[C@H]2O[C@@H]2O[C@H](CO)[C@@H](C)[C@H](O)[C@H]2O)c2c(c1)OC(C)(C)[C@@H]1CCC=C[C@@H]21. The lowest BCUT2D eigenvalue weighted by Gasteiger charge is -2.49. The lowest BCUT2D eigenvalue weighted by atomic mass is 9.69. The summed E-state index contributed by atoms with van der Waals surface area (Å²) in [4.78, 5) is 0. The molecule has 17 atom stereocenters. The Labute approximate surface area is 321 Å². The first-order valence-corrected chi connectivity index (χ1v) is 19.6. The summed E-state index contributed by atoms with van der Waals surface area (Å²) < 4.78 is 43.7. The second-order valence-corrected chi connectivity index (χ2v) is 16.1. The summed E-state index contributed by atoms with van der Waals surface area (Å²) >= 11 is 0. The van der Waals surface area contributed by atoms with Crippen LogP contribution < -0.4 is 9.47 Å². The van der Waals surface area contributed by atoms with E-state index in [1.807, 2.05) is 12.1 Å². The number of unbranched alkanes of at least 4 members (excludes halogenated alkanes) is 2. The molecular weight excluding hydrogens is 724 g/mol. The third kappa shape index (κ3) is 8.59. The van der Waals surface area contributed by atoms with Crippen molar-refractivity contribution in [3.63, 3.8) is 0 Å². The van der Waals surface area contributed by atoms with Gasteiger partial charge in [-0.05, 0) is 57.2 Å². The molecule has 4 heterocycles. The molecule has 4 aliphatic heterocycles. The molecule has 1 aromatic rings. The van der Waals surface area contributed by atoms with E-state index in [2.05, 4.69) is 32.9 Å². The molecule has 0 unspecified atom stereocenters. The van der Waals surface area contributed by atoms with E-state index >= 15 is 0 Å². The van der Waals surface area contributed by atoms with E-state index in [-0.39, 0.29) is 11.8 Å². The Kier molecular flexibility index (Phi) is 13.8. The van der Waals surface area contributed by atoms with E-state index in [1.165, 1.54) is 0 Å². The highest BCUT2D eigenvalue weighted by atomic mass is 16.8. The van der Waals surface area contributed by atoms with Crippen LogP contribution in [0.2, 0.25) is 0 Å². The Hall–Kier alpha value is -2.00. The maximum absolute atomic E-state index is 11.6. The fourth-order valence-electron chi connectivity index (χ4n) is 8.60. The van der Waals surface area contributed by atoms with Crippen molar-refractivity contribution < 1.29 is 79.1 Å². The van der Waals surface area contributed by atoms with Gasteiger partial charge < -0.3 is 79.1 Å². The van der Waals surface area contributed by atoms with Crippen molar-refractivity contribution in [1.29, 1.82) is 0 Å². The molecule has 3 fully saturated rings. The second-order valence-electron chi connectivity index (χ2n) is 16.1. The van der Waals surface area contributed by atoms with Gasteiger partial charge in [-0.25, -0.2) is 0 Å². The lowest BCUT2D eigenvalue weighted by molar-refractivity contribution is -0.382. The van der Waals surface area contributed by atoms with Crippen LogP contribution in [0.3, 0.4) is 0 Å². The quantitative estimate of drug-likeness (QED) is 0.0924. The molecular formula is C39H60O16. The molecule has 16 nitrogen and oxygen atoms in total. The van der Waals surface area contributed by atoms with Gasteiger partial charge in [0.1, 0.15) is 65.9 Å². The summed E-state index contributed by atoms with van der Waals surface area (Å²) in [7, 11) is 0. The van der Waals surface area contributed by atoms with Crippen LogP contribution in [0.5, 0.6) is 11.5 Å². The van der Waals surface area contributed by atoms with Crippen LogP contribution in [0.4, 0.5) is 0 Å². The minimum Gasteiger partial charge on any atom is -0.487 e. The van der Waals surface area contributed by atoms with Gasteiger partial charge in [0.05, 0.1) is 32.0 Å². The predicted octanol–water partition coefficient (Wildman–Crippen LogP) is -0.258. The Morgan fingerprint density at radius 3 is 2.02 bits per heavy atom. The third-order valence-electron chi connectivity index (χ3n) is 12.0. The van der Waals surface area contributed by atoms with E-state index in [9.17, 15) is 46.0 Å². The van der Waals surface area contributed by atoms with Gasteiger partial charge in [0.25, 0.3) is 0 Å². The topological polar surface area (TPSA) is 247 Å². The number of rotatable bonds is 13. The number of hydrogen-bond acceptors (Lipinski definition) is 16. The van der Waals surface area contributed by atoms with Gasteiger partial charge >= 0.3 is 0 Å². The normalized spacial score (nSPS) is 42.6. The molecule has 0 bridgehead atoms. The average molecular weight is 785 g/mol. The van der Waals surface area contributed by atoms with Crippen LogP contribution in [-0.2, 0) is 30.1 Å². The van der Waals surface area contributed by atoms with Gasteiger partial charge in [-0.15, -0.1) is 0 Å². The molecule has 0 radical (unpaired) electrons. The maximum atomic E-state index is 11.6. The van der Waals surface area contributed by atoms with Gasteiger partial charge in [-0.3, -0.25) is 0 Å². The van der Waals surface area contributed by atoms with Gasteiger partial charge in [0.15, 0.2) is 18.7 Å². The largest absolute Gasteiger partial charge is 0.487 e. The number of fused-ring (bicyclic) bond motifs is 3. The average Bonchev–Trinajstić information content (AvgIpc) is 3.16. The van der Waals surface area contributed by atoms with Crippen molar-refractivity contribution in [3.8, 4) is 11.5 Å². The van der Waals surface area contributed by atoms with Gasteiger partial charge in [-0.1, -0.05) is 38.8 Å². The third-order valence-corrected chi connectivity index (χ3v) is 12.0. The Morgan fingerprint density at radius 2 is 1.35 bits per heavy atom. The molecule has 312 valence electrons. The predicted molar refractivity (Wildman–Crippen MR) is 192 cm³/mol. The number of allylic oxidation sites excluding steroid dienone is 2. The molecule has 5 aliphatic rings. The van der Waals surface area contributed by atoms with Gasteiger partial charge in [0, 0.05) is 23.3 Å². The number of benzene rings is 1. The van der Waals surface area contributed by atoms with Crippen LogP contribution in [-0.4, -0.2) is 157 Å². The van der Waals surface area contributed by atoms with Crippen molar-refractivity contribution in [1.82, 2.24) is 0 Å². The number of aryl methyl sites for hydroxylation is 1. The molecule has 3 saturated heterocycles. The molecule has 1 aliphatic carbocycles. The first kappa shape index (κ1) is 42.6. The fourth-order valence-corrected chi connectivity index (χ4v) is 8.60. The lowest BCUT2D eigenvalue weighted by Crippen LogP contribution is -2.67. The Bertz CT molecular complexity index is 1440. The minimum atomic E-state index is -1.87. The summed E-state index contributed by atoms with van der Waals surface area (Å²) in [5.74, 6) is 0.309. The molecule has 0 saturated carbocycles. The summed E-state index contributed by atoms with van der Waals surface area (Å²) in [6, 6.07) is 3.94. The molecule has 1 aromatic carbocycles. The molecule has 6 rings (SSSR count). The monoisotopic (exact) mass is 784 g/mol. The molecule has 16 heteroatoms. The zero-order valence-corrected chi connectivity index (χ0v) is 31.9. The molecule has 0 amide bonds. The molecule has 0 aromatic heterocycles. The standard InChI is InChI=1S/C39H60O16/c1-5-6-7-10-19-13-22(27-20-11-8-9-12-21(20)39(3,4)55-23(27)14-19)49-38-35(54-36-32(47)28(43)18(2)24(15-40)50-36)34(30(45)26(17-42)52-38)53-37-33(48)31(46)29(44)25(16-41)51-37/h8,11,13-14,18,20-21,24-26,28-38,40-48H,5-7,9-10,12,15-17H2,1-4H3/t18-,20-,21-,24-,25-,26-,28+,29-,30-,31+,32-,33-,34+,35-,36+,37+,38-/m1/s1. The molecule has 0 spiro atoms.